The molecule has 0 heterocycles. The third-order valence-electron chi connectivity index (χ3n) is 3.68. The second-order valence-electron chi connectivity index (χ2n) is 6.04. The van der Waals surface area contributed by atoms with Crippen LogP contribution in [0.5, 0.6) is 0 Å². The molecule has 0 aliphatic heterocycles. The Morgan fingerprint density at radius 1 is 0.833 bits per heavy atom. The molecule has 176 valence electrons. The first-order chi connectivity index (χ1) is 13.1. The molecule has 0 amide bonds. The van der Waals surface area contributed by atoms with Crippen LogP contribution < -0.4 is 0 Å². The number of hydrogen-bond acceptors (Lipinski definition) is 3. The van der Waals surface area contributed by atoms with Crippen LogP contribution in [0.2, 0.25) is 0 Å². The minimum Gasteiger partial charge on any atom is -0.465 e. The van der Waals surface area contributed by atoms with Gasteiger partial charge in [0.2, 0.25) is 0 Å². The van der Waals surface area contributed by atoms with Crippen molar-refractivity contribution in [1.82, 2.24) is 0 Å². The van der Waals surface area contributed by atoms with Crippen LogP contribution in [-0.2, 0) is 9.53 Å². The van der Waals surface area contributed by atoms with Gasteiger partial charge >= 0.3 is 41.8 Å². The lowest BCUT2D eigenvalue weighted by atomic mass is 9.93. The molecule has 0 aromatic carbocycles. The number of nitrogens with zero attached hydrogens (tertiary/aromatic N) is 1. The van der Waals surface area contributed by atoms with E-state index in [-0.39, 0.29) is 6.42 Å². The van der Waals surface area contributed by atoms with Crippen molar-refractivity contribution in [3.8, 4) is 6.07 Å². The molecule has 0 bridgehead atoms. The summed E-state index contributed by atoms with van der Waals surface area (Å²) in [5.41, 5.74) is 0. The quantitative estimate of drug-likeness (QED) is 0.307. The Kier molecular flexibility index (Phi) is 8.09. The molecule has 0 radical (unpaired) electrons. The summed E-state index contributed by atoms with van der Waals surface area (Å²) >= 11 is 0. The van der Waals surface area contributed by atoms with Crippen molar-refractivity contribution in [2.24, 2.45) is 5.92 Å². The maximum absolute atomic E-state index is 13.4. The van der Waals surface area contributed by atoms with E-state index in [0.29, 0.717) is 0 Å². The molecule has 16 heteroatoms. The van der Waals surface area contributed by atoms with E-state index in [4.69, 9.17) is 5.26 Å². The molecular weight excluding hydrogens is 461 g/mol. The molecule has 0 aliphatic carbocycles. The summed E-state index contributed by atoms with van der Waals surface area (Å²) in [6.07, 6.45) is -10.9. The number of ether oxygens (including phenoxy) is 1. The number of esters is 1. The molecule has 0 aromatic rings. The molecule has 1 atom stereocenters. The van der Waals surface area contributed by atoms with Gasteiger partial charge in [0, 0.05) is 12.3 Å². The van der Waals surface area contributed by atoms with Gasteiger partial charge < -0.3 is 4.74 Å². The van der Waals surface area contributed by atoms with Gasteiger partial charge in [-0.25, -0.2) is 0 Å². The minimum absolute atomic E-state index is 0.182. The van der Waals surface area contributed by atoms with Crippen LogP contribution >= 0.6 is 0 Å². The van der Waals surface area contributed by atoms with E-state index in [0.717, 1.165) is 0 Å². The first-order valence-electron chi connectivity index (χ1n) is 7.61. The maximum Gasteiger partial charge on any atom is 0.460 e. The maximum atomic E-state index is 13.4. The average Bonchev–Trinajstić information content (AvgIpc) is 2.57. The Balaban J connectivity index is 5.47. The summed E-state index contributed by atoms with van der Waals surface area (Å²) in [5, 5.41) is 8.43. The number of nitriles is 1. The van der Waals surface area contributed by atoms with Gasteiger partial charge in [-0.05, 0) is 13.3 Å². The zero-order chi connectivity index (χ0) is 24.4. The van der Waals surface area contributed by atoms with Crippen molar-refractivity contribution in [2.45, 2.75) is 62.0 Å². The van der Waals surface area contributed by atoms with Crippen LogP contribution in [0, 0.1) is 17.2 Å². The van der Waals surface area contributed by atoms with E-state index < -0.39 is 67.1 Å². The normalized spacial score (nSPS) is 15.5. The number of alkyl halides is 13. The first kappa shape index (κ1) is 28.1. The lowest BCUT2D eigenvalue weighted by Crippen LogP contribution is -2.70. The van der Waals surface area contributed by atoms with Gasteiger partial charge in [0.15, 0.2) is 0 Å². The highest BCUT2D eigenvalue weighted by atomic mass is 19.4. The van der Waals surface area contributed by atoms with Crippen LogP contribution in [0.25, 0.3) is 0 Å². The van der Waals surface area contributed by atoms with Gasteiger partial charge in [-0.1, -0.05) is 0 Å². The lowest BCUT2D eigenvalue weighted by molar-refractivity contribution is -0.440. The zero-order valence-electron chi connectivity index (χ0n) is 14.6. The smallest absolute Gasteiger partial charge is 0.460 e. The fourth-order valence-electron chi connectivity index (χ4n) is 1.72. The highest BCUT2D eigenvalue weighted by Gasteiger charge is 2.90. The topological polar surface area (TPSA) is 50.1 Å². The van der Waals surface area contributed by atoms with Crippen LogP contribution in [0.1, 0.15) is 26.2 Å². The Bertz CT molecular complexity index is 651. The molecule has 0 saturated carbocycles. The molecular formula is C14H12F13NO2. The van der Waals surface area contributed by atoms with Crippen LogP contribution in [-0.4, -0.2) is 48.4 Å². The van der Waals surface area contributed by atoms with Crippen LogP contribution in [0.3, 0.4) is 0 Å². The second-order valence-corrected chi connectivity index (χ2v) is 6.04. The summed E-state index contributed by atoms with van der Waals surface area (Å²) < 4.78 is 171. The van der Waals surface area contributed by atoms with E-state index in [2.05, 4.69) is 4.74 Å². The van der Waals surface area contributed by atoms with Crippen LogP contribution in [0.4, 0.5) is 57.1 Å². The Labute approximate surface area is 159 Å². The fourth-order valence-corrected chi connectivity index (χ4v) is 1.72. The van der Waals surface area contributed by atoms with Gasteiger partial charge in [0.05, 0.1) is 19.1 Å². The summed E-state index contributed by atoms with van der Waals surface area (Å²) in [6.45, 7) is -0.472. The van der Waals surface area contributed by atoms with E-state index in [1.807, 2.05) is 0 Å². The third kappa shape index (κ3) is 5.02. The first-order valence-corrected chi connectivity index (χ1v) is 7.61. The zero-order valence-corrected chi connectivity index (χ0v) is 14.6. The number of carbonyl (C=O) groups excluding carboxylic acids is 1. The number of hydrogen-bond donors (Lipinski definition) is 0. The Morgan fingerprint density at radius 3 is 1.67 bits per heavy atom. The Hall–Kier alpha value is -1.95. The van der Waals surface area contributed by atoms with Gasteiger partial charge in [0.25, 0.3) is 0 Å². The van der Waals surface area contributed by atoms with Gasteiger partial charge in [0.1, 0.15) is 0 Å². The van der Waals surface area contributed by atoms with E-state index in [1.165, 1.54) is 6.92 Å². The second kappa shape index (κ2) is 8.66. The van der Waals surface area contributed by atoms with Gasteiger partial charge in [-0.15, -0.1) is 0 Å². The summed E-state index contributed by atoms with van der Waals surface area (Å²) in [4.78, 5) is 11.1. The van der Waals surface area contributed by atoms with E-state index >= 15 is 0 Å². The molecule has 3 nitrogen and oxygen atoms in total. The lowest BCUT2D eigenvalue weighted by Gasteiger charge is -2.39. The van der Waals surface area contributed by atoms with Gasteiger partial charge in [-0.3, -0.25) is 4.79 Å². The molecule has 0 spiro atoms. The van der Waals surface area contributed by atoms with Crippen molar-refractivity contribution < 1.29 is 66.6 Å². The predicted octanol–water partition coefficient (Wildman–Crippen LogP) is 5.60. The molecule has 0 aliphatic rings. The fraction of sp³-hybridized carbons (Fsp3) is 0.857. The largest absolute Gasteiger partial charge is 0.465 e. The highest BCUT2D eigenvalue weighted by molar-refractivity contribution is 5.69. The number of carbonyl (C=O) groups is 1. The van der Waals surface area contributed by atoms with Crippen molar-refractivity contribution in [3.63, 3.8) is 0 Å². The molecule has 0 saturated heterocycles. The molecule has 1 unspecified atom stereocenters. The minimum atomic E-state index is -7.96. The number of rotatable bonds is 10. The van der Waals surface area contributed by atoms with Crippen molar-refractivity contribution in [1.29, 1.82) is 5.26 Å². The standard InChI is InChI=1S/C14H12F13NO2/c1-7(6-28)2-3-8(29)30-5-4-9(15,16)10(17,18)11(19,20)12(21,22)13(23,24)14(25,26)27/h7H,2-5H2,1H3. The summed E-state index contributed by atoms with van der Waals surface area (Å²) in [6, 6.07) is 1.65. The monoisotopic (exact) mass is 473 g/mol. The van der Waals surface area contributed by atoms with E-state index in [9.17, 15) is 61.9 Å². The van der Waals surface area contributed by atoms with Crippen LogP contribution in [0.15, 0.2) is 0 Å². The number of halogens is 13. The Morgan fingerprint density at radius 2 is 1.27 bits per heavy atom. The van der Waals surface area contributed by atoms with E-state index in [1.54, 1.807) is 6.07 Å². The molecule has 0 aromatic heterocycles. The molecule has 0 fully saturated rings. The van der Waals surface area contributed by atoms with Gasteiger partial charge in [-0.2, -0.15) is 62.3 Å². The van der Waals surface area contributed by atoms with Crippen molar-refractivity contribution in [2.75, 3.05) is 6.61 Å². The molecule has 0 N–H and O–H groups in total. The molecule has 0 rings (SSSR count). The average molecular weight is 473 g/mol. The molecule has 30 heavy (non-hydrogen) atoms. The SMILES string of the molecule is CC(C#N)CCC(=O)OCCC(F)(F)C(F)(F)C(F)(F)C(F)(F)C(F)(F)C(F)(F)F. The third-order valence-corrected chi connectivity index (χ3v) is 3.68. The highest BCUT2D eigenvalue weighted by Crippen LogP contribution is 2.60. The predicted molar refractivity (Wildman–Crippen MR) is 70.4 cm³/mol. The van der Waals surface area contributed by atoms with Crippen molar-refractivity contribution in [3.05, 3.63) is 0 Å². The summed E-state index contributed by atoms with van der Waals surface area (Å²) in [7, 11) is 0. The van der Waals surface area contributed by atoms with Crippen molar-refractivity contribution >= 4 is 5.97 Å². The summed E-state index contributed by atoms with van der Waals surface area (Å²) in [5.74, 6) is -39.4.